The molecular weight excluding hydrogens is 168 g/mol. The van der Waals surface area contributed by atoms with E-state index in [0.29, 0.717) is 13.2 Å². The number of amides is 1. The monoisotopic (exact) mass is 186 g/mol. The van der Waals surface area contributed by atoms with Gasteiger partial charge in [0.05, 0.1) is 12.7 Å². The van der Waals surface area contributed by atoms with Crippen molar-refractivity contribution in [2.45, 2.75) is 25.9 Å². The summed E-state index contributed by atoms with van der Waals surface area (Å²) in [4.78, 5) is 12.9. The molecule has 0 radical (unpaired) electrons. The molecule has 1 amide bonds. The van der Waals surface area contributed by atoms with E-state index >= 15 is 0 Å². The molecule has 13 heavy (non-hydrogen) atoms. The van der Waals surface area contributed by atoms with Crippen molar-refractivity contribution in [1.82, 2.24) is 4.90 Å². The highest BCUT2D eigenvalue weighted by atomic mass is 16.5. The number of hydrogen-bond acceptors (Lipinski definition) is 3. The van der Waals surface area contributed by atoms with Crippen LogP contribution in [0.5, 0.6) is 0 Å². The summed E-state index contributed by atoms with van der Waals surface area (Å²) in [5, 5.41) is 0. The molecule has 0 aromatic heterocycles. The average Bonchev–Trinajstić information content (AvgIpc) is 2.15. The fraction of sp³-hybridized carbons (Fsp3) is 0.889. The van der Waals surface area contributed by atoms with Crippen molar-refractivity contribution in [1.29, 1.82) is 0 Å². The van der Waals surface area contributed by atoms with Gasteiger partial charge in [-0.25, -0.2) is 0 Å². The van der Waals surface area contributed by atoms with Crippen molar-refractivity contribution in [3.8, 4) is 0 Å². The molecule has 76 valence electrons. The van der Waals surface area contributed by atoms with Crippen LogP contribution in [0.25, 0.3) is 0 Å². The highest BCUT2D eigenvalue weighted by Crippen LogP contribution is 2.12. The van der Waals surface area contributed by atoms with Crippen LogP contribution in [0.2, 0.25) is 0 Å². The minimum atomic E-state index is 0.140. The molecule has 4 nitrogen and oxygen atoms in total. The maximum Gasteiger partial charge on any atom is 0.219 e. The van der Waals surface area contributed by atoms with Crippen LogP contribution in [0.1, 0.15) is 19.8 Å². The molecule has 0 saturated carbocycles. The van der Waals surface area contributed by atoms with Gasteiger partial charge in [-0.15, -0.1) is 0 Å². The van der Waals surface area contributed by atoms with E-state index in [-0.39, 0.29) is 12.0 Å². The molecule has 4 heteroatoms. The fourth-order valence-corrected chi connectivity index (χ4v) is 1.59. The van der Waals surface area contributed by atoms with Crippen molar-refractivity contribution in [2.75, 3.05) is 26.2 Å². The smallest absolute Gasteiger partial charge is 0.219 e. The molecule has 1 fully saturated rings. The van der Waals surface area contributed by atoms with Crippen LogP contribution in [0.15, 0.2) is 0 Å². The van der Waals surface area contributed by atoms with E-state index in [4.69, 9.17) is 10.5 Å². The maximum atomic E-state index is 11.1. The number of ether oxygens (including phenoxy) is 1. The topological polar surface area (TPSA) is 55.6 Å². The van der Waals surface area contributed by atoms with Crippen LogP contribution in [0.4, 0.5) is 0 Å². The molecule has 1 rings (SSSR count). The number of rotatable bonds is 3. The Morgan fingerprint density at radius 2 is 2.46 bits per heavy atom. The molecule has 1 aliphatic heterocycles. The Labute approximate surface area is 79.0 Å². The molecule has 1 saturated heterocycles. The number of hydrogen-bond donors (Lipinski definition) is 1. The summed E-state index contributed by atoms with van der Waals surface area (Å²) < 4.78 is 5.49. The molecule has 0 aliphatic carbocycles. The lowest BCUT2D eigenvalue weighted by Crippen LogP contribution is -2.42. The molecule has 2 N–H and O–H groups in total. The molecule has 0 aromatic carbocycles. The summed E-state index contributed by atoms with van der Waals surface area (Å²) in [6.07, 6.45) is 2.28. The number of carbonyl (C=O) groups is 1. The fourth-order valence-electron chi connectivity index (χ4n) is 1.59. The third-order valence-corrected chi connectivity index (χ3v) is 2.29. The van der Waals surface area contributed by atoms with E-state index < -0.39 is 0 Å². The summed E-state index contributed by atoms with van der Waals surface area (Å²) in [6, 6.07) is 0. The summed E-state index contributed by atoms with van der Waals surface area (Å²) in [5.74, 6) is 0.140. The van der Waals surface area contributed by atoms with Crippen LogP contribution >= 0.6 is 0 Å². The zero-order valence-corrected chi connectivity index (χ0v) is 8.16. The minimum Gasteiger partial charge on any atom is -0.375 e. The van der Waals surface area contributed by atoms with Gasteiger partial charge in [0.15, 0.2) is 0 Å². The minimum absolute atomic E-state index is 0.140. The maximum absolute atomic E-state index is 11.1. The largest absolute Gasteiger partial charge is 0.375 e. The molecule has 0 bridgehead atoms. The third-order valence-electron chi connectivity index (χ3n) is 2.29. The summed E-state index contributed by atoms with van der Waals surface area (Å²) in [6.45, 7) is 4.35. The third kappa shape index (κ3) is 3.32. The highest BCUT2D eigenvalue weighted by Gasteiger charge is 2.21. The first-order chi connectivity index (χ1) is 6.24. The van der Waals surface area contributed by atoms with Crippen LogP contribution in [-0.4, -0.2) is 43.2 Å². The Morgan fingerprint density at radius 3 is 3.08 bits per heavy atom. The Bertz CT molecular complexity index is 173. The summed E-state index contributed by atoms with van der Waals surface area (Å²) in [5.41, 5.74) is 5.33. The van der Waals surface area contributed by atoms with Gasteiger partial charge in [0.25, 0.3) is 0 Å². The molecule has 1 atom stereocenters. The quantitative estimate of drug-likeness (QED) is 0.673. The number of nitrogens with zero attached hydrogens (tertiary/aromatic N) is 1. The van der Waals surface area contributed by atoms with E-state index in [1.165, 1.54) is 0 Å². The van der Waals surface area contributed by atoms with Gasteiger partial charge < -0.3 is 15.4 Å². The molecule has 1 aliphatic rings. The molecule has 0 aromatic rings. The zero-order chi connectivity index (χ0) is 9.68. The lowest BCUT2D eigenvalue weighted by molar-refractivity contribution is -0.132. The first-order valence-electron chi connectivity index (χ1n) is 4.81. The number of nitrogens with two attached hydrogens (primary N) is 1. The van der Waals surface area contributed by atoms with Gasteiger partial charge in [-0.05, 0) is 12.8 Å². The van der Waals surface area contributed by atoms with E-state index in [9.17, 15) is 4.79 Å². The van der Waals surface area contributed by atoms with Gasteiger partial charge in [-0.1, -0.05) is 0 Å². The first-order valence-corrected chi connectivity index (χ1v) is 4.81. The van der Waals surface area contributed by atoms with E-state index in [0.717, 1.165) is 25.9 Å². The second kappa shape index (κ2) is 5.19. The van der Waals surface area contributed by atoms with Crippen LogP contribution in [-0.2, 0) is 9.53 Å². The van der Waals surface area contributed by atoms with Gasteiger partial charge in [0.1, 0.15) is 0 Å². The first kappa shape index (κ1) is 10.5. The predicted molar refractivity (Wildman–Crippen MR) is 50.3 cm³/mol. The number of piperidine rings is 1. The highest BCUT2D eigenvalue weighted by molar-refractivity contribution is 5.73. The van der Waals surface area contributed by atoms with Crippen molar-refractivity contribution < 1.29 is 9.53 Å². The Morgan fingerprint density at radius 1 is 1.69 bits per heavy atom. The Hall–Kier alpha value is -0.610. The van der Waals surface area contributed by atoms with Crippen molar-refractivity contribution in [3.05, 3.63) is 0 Å². The zero-order valence-electron chi connectivity index (χ0n) is 8.16. The lowest BCUT2D eigenvalue weighted by Gasteiger charge is -2.31. The van der Waals surface area contributed by atoms with Crippen LogP contribution in [0, 0.1) is 0 Å². The van der Waals surface area contributed by atoms with Crippen molar-refractivity contribution >= 4 is 5.91 Å². The molecule has 0 spiro atoms. The van der Waals surface area contributed by atoms with Gasteiger partial charge in [0.2, 0.25) is 5.91 Å². The molecular formula is C9H18N2O2. The van der Waals surface area contributed by atoms with Gasteiger partial charge in [-0.2, -0.15) is 0 Å². The standard InChI is InChI=1S/C9H18N2O2/c1-8(12)11-5-2-3-9(7-11)13-6-4-10/h9H,2-7,10H2,1H3/t9-/m1/s1. The Balaban J connectivity index is 2.29. The number of likely N-dealkylation sites (tertiary alicyclic amines) is 1. The summed E-state index contributed by atoms with van der Waals surface area (Å²) >= 11 is 0. The second-order valence-electron chi connectivity index (χ2n) is 3.39. The predicted octanol–water partition coefficient (Wildman–Crippen LogP) is -0.0274. The van der Waals surface area contributed by atoms with E-state index in [1.807, 2.05) is 4.90 Å². The summed E-state index contributed by atoms with van der Waals surface area (Å²) in [7, 11) is 0. The normalized spacial score (nSPS) is 23.2. The van der Waals surface area contributed by atoms with Gasteiger partial charge in [0, 0.05) is 26.6 Å². The SMILES string of the molecule is CC(=O)N1CCC[C@@H](OCCN)C1. The number of carbonyl (C=O) groups excluding carboxylic acids is 1. The van der Waals surface area contributed by atoms with Crippen LogP contribution < -0.4 is 5.73 Å². The van der Waals surface area contributed by atoms with E-state index in [1.54, 1.807) is 6.92 Å². The van der Waals surface area contributed by atoms with Crippen molar-refractivity contribution in [3.63, 3.8) is 0 Å². The molecule has 0 unspecified atom stereocenters. The van der Waals surface area contributed by atoms with Crippen LogP contribution in [0.3, 0.4) is 0 Å². The second-order valence-corrected chi connectivity index (χ2v) is 3.39. The van der Waals surface area contributed by atoms with E-state index in [2.05, 4.69) is 0 Å². The molecule has 1 heterocycles. The Kier molecular flexibility index (Phi) is 4.18. The average molecular weight is 186 g/mol. The lowest BCUT2D eigenvalue weighted by atomic mass is 10.1. The van der Waals surface area contributed by atoms with Crippen molar-refractivity contribution in [2.24, 2.45) is 5.73 Å². The van der Waals surface area contributed by atoms with Gasteiger partial charge in [-0.3, -0.25) is 4.79 Å². The van der Waals surface area contributed by atoms with Gasteiger partial charge >= 0.3 is 0 Å².